The largest absolute Gasteiger partial charge is 0.478 e. The first kappa shape index (κ1) is 96.0. The number of nitrogens with zero attached hydrogens (tertiary/aromatic N) is 9. The second-order valence-corrected chi connectivity index (χ2v) is 39.3. The van der Waals surface area contributed by atoms with E-state index in [2.05, 4.69) is 397 Å². The van der Waals surface area contributed by atoms with E-state index in [-0.39, 0.29) is 25.2 Å². The molecule has 126 heavy (non-hydrogen) atoms. The highest BCUT2D eigenvalue weighted by molar-refractivity contribution is 9.11. The number of fused-ring (bicyclic) bond motifs is 9. The minimum Gasteiger partial charge on any atom is -0.478 e. The molecule has 0 radical (unpaired) electrons. The highest BCUT2D eigenvalue weighted by Gasteiger charge is 2.21. The lowest BCUT2D eigenvalue weighted by Crippen LogP contribution is -2.12. The van der Waals surface area contributed by atoms with E-state index < -0.39 is 17.1 Å². The molecule has 0 spiro atoms. The number of aromatic nitrogens is 3. The molecule has 29 heteroatoms. The molecular weight excluding hydrogens is 2130 g/mol. The normalized spacial score (nSPS) is 10.3. The summed E-state index contributed by atoms with van der Waals surface area (Å²) in [6.07, 6.45) is 0.552. The molecule has 0 aliphatic rings. The van der Waals surface area contributed by atoms with Gasteiger partial charge in [0.25, 0.3) is 6.47 Å². The number of anilines is 1. The van der Waals surface area contributed by atoms with Crippen molar-refractivity contribution < 1.29 is 33.6 Å². The van der Waals surface area contributed by atoms with Crippen LogP contribution < -0.4 is 15.8 Å². The van der Waals surface area contributed by atoms with Gasteiger partial charge in [-0.15, -0.1) is 0 Å². The number of nitrogens with one attached hydrogen (secondary N) is 1. The van der Waals surface area contributed by atoms with Crippen LogP contribution in [0.4, 0.5) is 22.7 Å². The zero-order valence-corrected chi connectivity index (χ0v) is 79.2. The second-order valence-electron chi connectivity index (χ2n) is 26.7. The molecule has 4 N–H and O–H groups in total. The number of carboxylic acids is 1. The zero-order chi connectivity index (χ0) is 89.9. The van der Waals surface area contributed by atoms with Crippen LogP contribution in [0.1, 0.15) is 56.0 Å². The third-order valence-electron chi connectivity index (χ3n) is 19.0. The van der Waals surface area contributed by atoms with Crippen molar-refractivity contribution in [2.45, 2.75) is 21.3 Å². The number of hydrogen-bond donors (Lipinski definition) is 3. The van der Waals surface area contributed by atoms with Gasteiger partial charge in [0.15, 0.2) is 5.69 Å². The lowest BCUT2D eigenvalue weighted by atomic mass is 9.93. The number of halogens is 10. The minimum atomic E-state index is -3.22. The Morgan fingerprint density at radius 1 is 0.437 bits per heavy atom. The molecule has 0 saturated carbocycles. The van der Waals surface area contributed by atoms with E-state index in [1.54, 1.807) is 30.3 Å². The fourth-order valence-electron chi connectivity index (χ4n) is 13.6. The maximum absolute atomic E-state index is 10.9. The van der Waals surface area contributed by atoms with Crippen LogP contribution in [-0.4, -0.2) is 43.6 Å². The van der Waals surface area contributed by atoms with E-state index in [9.17, 15) is 29.0 Å². The SMILES string of the molecule is C.Cc1cccc(-n2c3ccccc3c3ccccc32)c1.NC(=O)c1cc(Br)c(NC=O)cc1Br.O=COc1cc(Br)c(C(=O)O)cc1Br.O=P(Cl)(Cl)Cl.[C-]#[N+]c1cc(-c2cccc(-n3c4ccccc4c4ccccc43)c2)c(C#N)cc1-c1cccc(-n2c3ccccc3c3ccccc32)c1.[C-]#[N+]c1cc(Br)c(C#N)cc1Br.[C-]#[N+]c1cc(C)c(C#N)cc1Br. The van der Waals surface area contributed by atoms with Crippen molar-refractivity contribution in [3.63, 3.8) is 0 Å². The molecule has 0 bridgehead atoms. The predicted molar refractivity (Wildman–Crippen MR) is 533 cm³/mol. The van der Waals surface area contributed by atoms with Gasteiger partial charge in [-0.3, -0.25) is 18.9 Å². The Labute approximate surface area is 797 Å². The van der Waals surface area contributed by atoms with Crippen LogP contribution in [0.3, 0.4) is 0 Å². The van der Waals surface area contributed by atoms with Crippen LogP contribution >= 0.6 is 150 Å². The number of nitriles is 3. The molecule has 0 saturated heterocycles. The molecule has 0 aliphatic heterocycles. The highest BCUT2D eigenvalue weighted by atomic mass is 79.9. The van der Waals surface area contributed by atoms with Crippen molar-refractivity contribution in [1.82, 2.24) is 13.7 Å². The number of nitrogens with two attached hydrogens (primary N) is 1. The Kier molecular flexibility index (Phi) is 33.6. The Hall–Kier alpha value is -12.2. The lowest BCUT2D eigenvalue weighted by Gasteiger charge is -2.14. The van der Waals surface area contributed by atoms with E-state index in [1.165, 1.54) is 72.8 Å². The first-order valence-electron chi connectivity index (χ1n) is 36.6. The summed E-state index contributed by atoms with van der Waals surface area (Å²) in [4.78, 5) is 52.5. The van der Waals surface area contributed by atoms with Gasteiger partial charge in [0.05, 0.1) is 103 Å². The number of benzene rings is 14. The molecule has 17 aromatic rings. The van der Waals surface area contributed by atoms with E-state index in [4.69, 9.17) is 41.1 Å². The Morgan fingerprint density at radius 2 is 0.817 bits per heavy atom. The second kappa shape index (κ2) is 44.1. The average molecular weight is 2190 g/mol. The Bertz CT molecular complexity index is 6860. The number of amides is 2. The fraction of sp³-hybridized carbons (Fsp3) is 0.0309. The molecule has 3 heterocycles. The molecule has 0 atom stereocenters. The molecule has 14 aromatic carbocycles. The summed E-state index contributed by atoms with van der Waals surface area (Å²) < 4.78 is 24.9. The van der Waals surface area contributed by atoms with Crippen molar-refractivity contribution in [3.8, 4) is 63.3 Å². The number of ether oxygens (including phenoxy) is 1. The lowest BCUT2D eigenvalue weighted by molar-refractivity contribution is -0.120. The minimum absolute atomic E-state index is 0. The number of primary amides is 1. The van der Waals surface area contributed by atoms with Crippen LogP contribution in [-0.2, 0) is 14.2 Å². The summed E-state index contributed by atoms with van der Waals surface area (Å²) in [6.45, 7) is 26.0. The van der Waals surface area contributed by atoms with E-state index in [1.807, 2.05) is 49.4 Å². The Morgan fingerprint density at radius 3 is 1.21 bits per heavy atom. The monoisotopic (exact) mass is 2180 g/mol. The summed E-state index contributed by atoms with van der Waals surface area (Å²) >= 11 is 36.0. The molecule has 0 aliphatic carbocycles. The van der Waals surface area contributed by atoms with Gasteiger partial charge in [-0.1, -0.05) is 207 Å². The summed E-state index contributed by atoms with van der Waals surface area (Å²) in [7, 11) is 0. The van der Waals surface area contributed by atoms with Crippen molar-refractivity contribution >= 4 is 263 Å². The number of aryl methyl sites for hydroxylation is 2. The molecule has 0 unspecified atom stereocenters. The number of carboxylic acid groups (broad SMARTS) is 1. The highest BCUT2D eigenvalue weighted by Crippen LogP contribution is 2.61. The van der Waals surface area contributed by atoms with Crippen molar-refractivity contribution in [3.05, 3.63) is 384 Å². The van der Waals surface area contributed by atoms with Crippen molar-refractivity contribution in [2.75, 3.05) is 5.32 Å². The molecule has 2 amide bonds. The van der Waals surface area contributed by atoms with Gasteiger partial charge in [-0.25, -0.2) is 19.3 Å². The first-order chi connectivity index (χ1) is 60.1. The smallest absolute Gasteiger partial charge is 0.339 e. The first-order valence-corrected chi connectivity index (χ1v) is 46.6. The third kappa shape index (κ3) is 22.7. The van der Waals surface area contributed by atoms with Gasteiger partial charge in [-0.05, 0) is 272 Å². The number of carbonyl (C=O) groups excluding carboxylic acids is 3. The summed E-state index contributed by atoms with van der Waals surface area (Å²) in [5.74, 6) is -1.33. The zero-order valence-electron chi connectivity index (χ0n) is 64.9. The number of para-hydroxylation sites is 6. The predicted octanol–water partition coefficient (Wildman–Crippen LogP) is 31.3. The molecule has 17 rings (SSSR count). The van der Waals surface area contributed by atoms with Gasteiger partial charge in [0.2, 0.25) is 23.7 Å². The third-order valence-corrected chi connectivity index (χ3v) is 23.5. The topological polar surface area (TPSA) is 252 Å². The molecule has 0 fully saturated rings. The molecule has 622 valence electrons. The van der Waals surface area contributed by atoms with E-state index in [0.29, 0.717) is 82.7 Å². The summed E-state index contributed by atoms with van der Waals surface area (Å²) in [5.41, 5.74) is 25.0. The fourth-order valence-corrected chi connectivity index (χ4v) is 16.8. The van der Waals surface area contributed by atoms with Crippen LogP contribution in [0.5, 0.6) is 5.75 Å². The molecule has 18 nitrogen and oxygen atoms in total. The van der Waals surface area contributed by atoms with Gasteiger partial charge in [-0.2, -0.15) is 15.8 Å². The molecular formula is C97H62Br7Cl3N11O7P. The average Bonchev–Trinajstić information content (AvgIpc) is 1.60. The summed E-state index contributed by atoms with van der Waals surface area (Å²) in [6, 6.07) is 98.9. The van der Waals surface area contributed by atoms with Crippen LogP contribution in [0, 0.1) is 67.6 Å². The molecule has 3 aromatic heterocycles. The van der Waals surface area contributed by atoms with Crippen LogP contribution in [0.2, 0.25) is 0 Å². The maximum atomic E-state index is 10.9. The van der Waals surface area contributed by atoms with Gasteiger partial charge in [0.1, 0.15) is 11.8 Å². The van der Waals surface area contributed by atoms with Crippen molar-refractivity contribution in [1.29, 1.82) is 15.8 Å². The van der Waals surface area contributed by atoms with Crippen molar-refractivity contribution in [2.24, 2.45) is 5.73 Å². The number of rotatable bonds is 11. The van der Waals surface area contributed by atoms with E-state index in [0.717, 1.165) is 61.3 Å². The van der Waals surface area contributed by atoms with E-state index >= 15 is 0 Å². The van der Waals surface area contributed by atoms with Gasteiger partial charge in [0, 0.05) is 76.2 Å². The quantitative estimate of drug-likeness (QED) is 0.0627. The van der Waals surface area contributed by atoms with Crippen LogP contribution in [0.25, 0.3) is 119 Å². The maximum Gasteiger partial charge on any atom is 0.339 e. The number of carbonyl (C=O) groups is 4. The standard InChI is InChI=1S/C44H26N4.C19H15N.C9H5BrN2.C8H6Br2N2O2.C8H2Br2N2.C8H4Br2O4.CH4.Cl3OP/c1-46-40-27-38(29-12-10-14-32(24-29)47-41-20-6-2-16-34(41)35-17-3-7-21-42(35)47)31(28-45)26-39(40)30-13-11-15-33(25-30)48-43-22-8-4-18-36(43)37-19-5-9-23-44(37)48;1-14-7-6-8-15(13-14)20-18-11-4-2-9-16(18)17-10-3-5-12-19(17)20;1-6-3-9(12-2)8(10)4-7(6)5-11;9-5-2-7(12-3-13)6(10)1-4(5)8(11)14;1-12-8-3-6(9)5(4-11)2-7(8)10;9-5-2-7(14-3-11)6(10)1-4(5)8(12)13;;1-5(2,3)4/h2-27H;2-13H,1H3;3-4H,1H3;1-3H,(H2,11,14)(H,12,13);2-3H;1-3H,(H,12,13);1H4;. The van der Waals surface area contributed by atoms with Crippen LogP contribution in [0.15, 0.2) is 310 Å². The van der Waals surface area contributed by atoms with Gasteiger partial charge < -0.3 is 34.6 Å². The summed E-state index contributed by atoms with van der Waals surface area (Å²) in [5, 5.41) is 43.1. The van der Waals surface area contributed by atoms with Gasteiger partial charge >= 0.3 is 11.2 Å². The number of hydrogen-bond acceptors (Lipinski definition) is 9. The number of aromatic carboxylic acids is 1. The Balaban J connectivity index is 0.000000175.